The van der Waals surface area contributed by atoms with Gasteiger partial charge in [0.2, 0.25) is 0 Å². The van der Waals surface area contributed by atoms with Crippen molar-refractivity contribution >= 4 is 24.7 Å². The zero-order valence-corrected chi connectivity index (χ0v) is 8.86. The third-order valence-corrected chi connectivity index (χ3v) is 2.08. The van der Waals surface area contributed by atoms with Gasteiger partial charge in [-0.2, -0.15) is 0 Å². The van der Waals surface area contributed by atoms with Gasteiger partial charge in [-0.15, -0.1) is 12.6 Å². The van der Waals surface area contributed by atoms with Crippen molar-refractivity contribution in [3.8, 4) is 11.5 Å². The monoisotopic (exact) mass is 226 g/mol. The van der Waals surface area contributed by atoms with Crippen LogP contribution in [0.25, 0.3) is 6.08 Å². The van der Waals surface area contributed by atoms with Crippen LogP contribution in [0.15, 0.2) is 23.1 Å². The number of carboxylic acids is 1. The second kappa shape index (κ2) is 4.75. The number of para-hydroxylation sites is 1. The molecule has 4 nitrogen and oxygen atoms in total. The van der Waals surface area contributed by atoms with Gasteiger partial charge in [-0.05, 0) is 12.1 Å². The molecule has 2 N–H and O–H groups in total. The van der Waals surface area contributed by atoms with Gasteiger partial charge >= 0.3 is 5.97 Å². The summed E-state index contributed by atoms with van der Waals surface area (Å²) in [5, 5.41) is 18.2. The van der Waals surface area contributed by atoms with E-state index in [1.54, 1.807) is 18.2 Å². The zero-order chi connectivity index (χ0) is 11.4. The molecule has 0 unspecified atom stereocenters. The normalized spacial score (nSPS) is 11.2. The Bertz CT molecular complexity index is 412. The first-order valence-electron chi connectivity index (χ1n) is 4.06. The molecule has 0 aromatic heterocycles. The summed E-state index contributed by atoms with van der Waals surface area (Å²) in [6.07, 6.45) is 1.25. The van der Waals surface area contributed by atoms with Gasteiger partial charge in [-0.25, -0.2) is 4.79 Å². The highest BCUT2D eigenvalue weighted by molar-refractivity contribution is 7.85. The van der Waals surface area contributed by atoms with Crippen molar-refractivity contribution in [2.45, 2.75) is 0 Å². The predicted octanol–water partition coefficient (Wildman–Crippen LogP) is 1.76. The number of hydrogen-bond donors (Lipinski definition) is 3. The Labute approximate surface area is 92.2 Å². The third-order valence-electron chi connectivity index (χ3n) is 1.76. The molecule has 0 spiro atoms. The van der Waals surface area contributed by atoms with Crippen LogP contribution in [0.4, 0.5) is 0 Å². The van der Waals surface area contributed by atoms with Crippen molar-refractivity contribution < 1.29 is 19.7 Å². The average Bonchev–Trinajstić information content (AvgIpc) is 2.21. The molecule has 1 rings (SSSR count). The molecule has 5 heteroatoms. The first-order chi connectivity index (χ1) is 7.06. The lowest BCUT2D eigenvalue weighted by molar-refractivity contribution is -0.131. The van der Waals surface area contributed by atoms with E-state index in [1.165, 1.54) is 13.2 Å². The number of aliphatic carboxylic acids is 1. The summed E-state index contributed by atoms with van der Waals surface area (Å²) >= 11 is 3.76. The number of hydrogen-bond acceptors (Lipinski definition) is 4. The fraction of sp³-hybridized carbons (Fsp3) is 0.100. The maximum Gasteiger partial charge on any atom is 0.341 e. The van der Waals surface area contributed by atoms with Crippen LogP contribution in [0, 0.1) is 0 Å². The smallest absolute Gasteiger partial charge is 0.341 e. The Morgan fingerprint density at radius 3 is 2.73 bits per heavy atom. The number of aromatic hydroxyl groups is 1. The molecule has 0 atom stereocenters. The van der Waals surface area contributed by atoms with Gasteiger partial charge < -0.3 is 14.9 Å². The Kier molecular flexibility index (Phi) is 3.62. The first-order valence-corrected chi connectivity index (χ1v) is 4.51. The van der Waals surface area contributed by atoms with Crippen molar-refractivity contribution in [3.05, 3.63) is 28.7 Å². The van der Waals surface area contributed by atoms with E-state index in [0.29, 0.717) is 5.56 Å². The number of phenolic OH excluding ortho intramolecular Hbond substituents is 1. The quantitative estimate of drug-likeness (QED) is 0.542. The highest BCUT2D eigenvalue weighted by Gasteiger charge is 2.07. The van der Waals surface area contributed by atoms with Crippen LogP contribution < -0.4 is 4.74 Å². The molecule has 0 fully saturated rings. The molecular formula is C10H10O4S. The van der Waals surface area contributed by atoms with Gasteiger partial charge in [-0.1, -0.05) is 12.1 Å². The lowest BCUT2D eigenvalue weighted by Gasteiger charge is -2.05. The summed E-state index contributed by atoms with van der Waals surface area (Å²) in [4.78, 5) is 10.4. The molecule has 80 valence electrons. The van der Waals surface area contributed by atoms with Crippen LogP contribution in [0.2, 0.25) is 0 Å². The molecule has 0 saturated heterocycles. The Morgan fingerprint density at radius 1 is 1.53 bits per heavy atom. The van der Waals surface area contributed by atoms with Gasteiger partial charge in [0.05, 0.1) is 12.0 Å². The number of carboxylic acid groups (broad SMARTS) is 1. The molecule has 0 aliphatic carbocycles. The molecule has 0 amide bonds. The van der Waals surface area contributed by atoms with Crippen molar-refractivity contribution in [3.63, 3.8) is 0 Å². The first kappa shape index (κ1) is 11.5. The van der Waals surface area contributed by atoms with Crippen LogP contribution in [0.1, 0.15) is 5.56 Å². The topological polar surface area (TPSA) is 66.8 Å². The fourth-order valence-electron chi connectivity index (χ4n) is 1.03. The standard InChI is InChI=1S/C10H10O4S/c1-14-7-4-2-3-6(9(7)11)5-8(15)10(12)13/h2-5,11,15H,1H3,(H,12,13)/b8-5+. The lowest BCUT2D eigenvalue weighted by atomic mass is 10.1. The molecule has 0 aliphatic rings. The highest BCUT2D eigenvalue weighted by Crippen LogP contribution is 2.31. The summed E-state index contributed by atoms with van der Waals surface area (Å²) in [5.41, 5.74) is 0.349. The van der Waals surface area contributed by atoms with E-state index in [4.69, 9.17) is 9.84 Å². The molecular weight excluding hydrogens is 216 g/mol. The van der Waals surface area contributed by atoms with Gasteiger partial charge in [0.25, 0.3) is 0 Å². The Balaban J connectivity index is 3.16. The second-order valence-electron chi connectivity index (χ2n) is 2.73. The molecule has 0 aliphatic heterocycles. The molecule has 0 heterocycles. The largest absolute Gasteiger partial charge is 0.504 e. The molecule has 1 aromatic carbocycles. The minimum absolute atomic E-state index is 0.104. The lowest BCUT2D eigenvalue weighted by Crippen LogP contribution is -1.93. The Hall–Kier alpha value is -1.62. The molecule has 15 heavy (non-hydrogen) atoms. The molecule has 0 saturated carbocycles. The van der Waals surface area contributed by atoms with Crippen LogP contribution >= 0.6 is 12.6 Å². The number of phenols is 1. The van der Waals surface area contributed by atoms with Crippen molar-refractivity contribution in [2.75, 3.05) is 7.11 Å². The molecule has 0 radical (unpaired) electrons. The average molecular weight is 226 g/mol. The van der Waals surface area contributed by atoms with Crippen LogP contribution in [-0.4, -0.2) is 23.3 Å². The van der Waals surface area contributed by atoms with Gasteiger partial charge in [0.1, 0.15) is 0 Å². The van der Waals surface area contributed by atoms with E-state index in [0.717, 1.165) is 0 Å². The molecule has 0 bridgehead atoms. The van der Waals surface area contributed by atoms with Crippen molar-refractivity contribution in [1.29, 1.82) is 0 Å². The predicted molar refractivity (Wildman–Crippen MR) is 59.3 cm³/mol. The fourth-order valence-corrected chi connectivity index (χ4v) is 1.17. The van der Waals surface area contributed by atoms with E-state index in [-0.39, 0.29) is 16.4 Å². The van der Waals surface area contributed by atoms with Crippen LogP contribution in [0.5, 0.6) is 11.5 Å². The molecule has 1 aromatic rings. The number of rotatable bonds is 3. The van der Waals surface area contributed by atoms with Gasteiger partial charge in [0, 0.05) is 5.56 Å². The maximum absolute atomic E-state index is 10.5. The summed E-state index contributed by atoms with van der Waals surface area (Å²) in [5.74, 6) is -0.969. The number of methoxy groups -OCH3 is 1. The maximum atomic E-state index is 10.5. The summed E-state index contributed by atoms with van der Waals surface area (Å²) in [7, 11) is 1.42. The van der Waals surface area contributed by atoms with E-state index in [9.17, 15) is 9.90 Å². The summed E-state index contributed by atoms with van der Waals surface area (Å²) < 4.78 is 4.88. The SMILES string of the molecule is COc1cccc(/C=C(/S)C(=O)O)c1O. The zero-order valence-electron chi connectivity index (χ0n) is 7.97. The number of thiol groups is 1. The van der Waals surface area contributed by atoms with E-state index < -0.39 is 5.97 Å². The number of benzene rings is 1. The Morgan fingerprint density at radius 2 is 2.20 bits per heavy atom. The van der Waals surface area contributed by atoms with E-state index >= 15 is 0 Å². The minimum atomic E-state index is -1.15. The summed E-state index contributed by atoms with van der Waals surface area (Å²) in [6, 6.07) is 4.79. The minimum Gasteiger partial charge on any atom is -0.504 e. The van der Waals surface area contributed by atoms with Crippen LogP contribution in [0.3, 0.4) is 0 Å². The second-order valence-corrected chi connectivity index (χ2v) is 3.21. The third kappa shape index (κ3) is 2.66. The number of ether oxygens (including phenoxy) is 1. The van der Waals surface area contributed by atoms with Crippen molar-refractivity contribution in [2.24, 2.45) is 0 Å². The van der Waals surface area contributed by atoms with E-state index in [2.05, 4.69) is 12.6 Å². The summed E-state index contributed by atoms with van der Waals surface area (Å²) in [6.45, 7) is 0. The van der Waals surface area contributed by atoms with Gasteiger partial charge in [-0.3, -0.25) is 0 Å². The van der Waals surface area contributed by atoms with Crippen molar-refractivity contribution in [1.82, 2.24) is 0 Å². The van der Waals surface area contributed by atoms with E-state index in [1.807, 2.05) is 0 Å². The number of carbonyl (C=O) groups is 1. The highest BCUT2D eigenvalue weighted by atomic mass is 32.1. The van der Waals surface area contributed by atoms with Gasteiger partial charge in [0.15, 0.2) is 11.5 Å². The van der Waals surface area contributed by atoms with Crippen LogP contribution in [-0.2, 0) is 4.79 Å².